The van der Waals surface area contributed by atoms with E-state index in [1.54, 1.807) is 6.92 Å². The maximum absolute atomic E-state index is 13.2. The van der Waals surface area contributed by atoms with Gasteiger partial charge >= 0.3 is 5.97 Å². The van der Waals surface area contributed by atoms with Gasteiger partial charge in [-0.25, -0.2) is 0 Å². The molecule has 5 nitrogen and oxygen atoms in total. The molecule has 0 bridgehead atoms. The number of halogens is 1. The van der Waals surface area contributed by atoms with Gasteiger partial charge < -0.3 is 9.57 Å². The summed E-state index contributed by atoms with van der Waals surface area (Å²) in [5.74, 6) is 3.19. The zero-order valence-electron chi connectivity index (χ0n) is 18.9. The molecule has 8 heteroatoms. The van der Waals surface area contributed by atoms with Gasteiger partial charge in [-0.2, -0.15) is 11.8 Å². The Balaban J connectivity index is 1.75. The van der Waals surface area contributed by atoms with Crippen LogP contribution in [0.3, 0.4) is 0 Å². The lowest BCUT2D eigenvalue weighted by atomic mass is 9.77. The highest BCUT2D eigenvalue weighted by Gasteiger charge is 2.36. The van der Waals surface area contributed by atoms with E-state index in [4.69, 9.17) is 21.2 Å². The van der Waals surface area contributed by atoms with E-state index in [2.05, 4.69) is 12.1 Å². The molecule has 176 valence electrons. The first-order valence-corrected chi connectivity index (χ1v) is 13.8. The van der Waals surface area contributed by atoms with Crippen LogP contribution in [0.4, 0.5) is 0 Å². The SMILES string of the molecule is CCCCCC(=O)OC1=C(C(C)=NOCc2ccc(Cl)s2)C(=O)CC(C2CCCSC2)C1. The summed E-state index contributed by atoms with van der Waals surface area (Å²) in [6.45, 7) is 4.13. The van der Waals surface area contributed by atoms with Crippen LogP contribution in [0, 0.1) is 11.8 Å². The van der Waals surface area contributed by atoms with E-state index in [0.717, 1.165) is 36.3 Å². The number of Topliss-reactive ketones (excluding diaryl/α,β-unsaturated/α-hetero) is 1. The Morgan fingerprint density at radius 2 is 2.09 bits per heavy atom. The van der Waals surface area contributed by atoms with E-state index in [1.807, 2.05) is 23.9 Å². The molecule has 0 amide bonds. The minimum absolute atomic E-state index is 0.00259. The lowest BCUT2D eigenvalue weighted by molar-refractivity contribution is -0.140. The first-order chi connectivity index (χ1) is 15.5. The van der Waals surface area contributed by atoms with Crippen molar-refractivity contribution in [3.05, 3.63) is 32.7 Å². The largest absolute Gasteiger partial charge is 0.430 e. The van der Waals surface area contributed by atoms with Crippen LogP contribution in [0.25, 0.3) is 0 Å². The lowest BCUT2D eigenvalue weighted by Crippen LogP contribution is -2.31. The van der Waals surface area contributed by atoms with Crippen LogP contribution in [0.5, 0.6) is 0 Å². The number of thiophene rings is 1. The van der Waals surface area contributed by atoms with Crippen LogP contribution in [0.2, 0.25) is 4.34 Å². The van der Waals surface area contributed by atoms with Crippen molar-refractivity contribution in [3.63, 3.8) is 0 Å². The van der Waals surface area contributed by atoms with Crippen LogP contribution < -0.4 is 0 Å². The van der Waals surface area contributed by atoms with Gasteiger partial charge in [0.2, 0.25) is 0 Å². The van der Waals surface area contributed by atoms with E-state index in [1.165, 1.54) is 23.5 Å². The smallest absolute Gasteiger partial charge is 0.310 e. The van der Waals surface area contributed by atoms with Crippen LogP contribution >= 0.6 is 34.7 Å². The van der Waals surface area contributed by atoms with E-state index in [-0.39, 0.29) is 24.3 Å². The molecule has 2 atom stereocenters. The van der Waals surface area contributed by atoms with Crippen molar-refractivity contribution in [2.45, 2.75) is 71.8 Å². The molecule has 0 saturated carbocycles. The summed E-state index contributed by atoms with van der Waals surface area (Å²) in [4.78, 5) is 32.1. The molecule has 1 aromatic rings. The molecule has 0 spiro atoms. The van der Waals surface area contributed by atoms with Gasteiger partial charge in [0.25, 0.3) is 0 Å². The monoisotopic (exact) mass is 497 g/mol. The highest BCUT2D eigenvalue weighted by molar-refractivity contribution is 7.99. The number of carbonyl (C=O) groups is 2. The summed E-state index contributed by atoms with van der Waals surface area (Å²) in [6.07, 6.45) is 6.61. The Morgan fingerprint density at radius 3 is 2.78 bits per heavy atom. The number of esters is 1. The number of unbranched alkanes of at least 4 members (excludes halogenated alkanes) is 2. The quantitative estimate of drug-likeness (QED) is 0.154. The number of hydrogen-bond acceptors (Lipinski definition) is 7. The Morgan fingerprint density at radius 1 is 1.25 bits per heavy atom. The Hall–Kier alpha value is -1.31. The third-order valence-electron chi connectivity index (χ3n) is 5.94. The number of oxime groups is 1. The molecule has 1 aliphatic carbocycles. The first kappa shape index (κ1) is 25.3. The molecule has 3 rings (SSSR count). The first-order valence-electron chi connectivity index (χ1n) is 11.4. The van der Waals surface area contributed by atoms with Gasteiger partial charge in [-0.1, -0.05) is 36.5 Å². The molecule has 2 unspecified atom stereocenters. The van der Waals surface area contributed by atoms with Gasteiger partial charge in [0.15, 0.2) is 12.4 Å². The van der Waals surface area contributed by atoms with Crippen molar-refractivity contribution in [2.75, 3.05) is 11.5 Å². The molecule has 1 fully saturated rings. The zero-order chi connectivity index (χ0) is 22.9. The van der Waals surface area contributed by atoms with Gasteiger partial charge in [-0.3, -0.25) is 9.59 Å². The minimum atomic E-state index is -0.264. The van der Waals surface area contributed by atoms with Gasteiger partial charge in [0, 0.05) is 24.1 Å². The predicted molar refractivity (Wildman–Crippen MR) is 132 cm³/mol. The van der Waals surface area contributed by atoms with Crippen LogP contribution in [0.1, 0.15) is 70.1 Å². The van der Waals surface area contributed by atoms with Gasteiger partial charge in [0.1, 0.15) is 5.76 Å². The molecule has 0 N–H and O–H groups in total. The highest BCUT2D eigenvalue weighted by atomic mass is 35.5. The lowest BCUT2D eigenvalue weighted by Gasteiger charge is -2.33. The normalized spacial score (nSPS) is 22.2. The number of thioether (sulfide) groups is 1. The Labute approximate surface area is 203 Å². The number of ether oxygens (including phenoxy) is 1. The summed E-state index contributed by atoms with van der Waals surface area (Å²) in [5, 5.41) is 4.18. The molecular formula is C24H32ClNO4S2. The van der Waals surface area contributed by atoms with Gasteiger partial charge in [-0.05, 0) is 61.7 Å². The van der Waals surface area contributed by atoms with E-state index in [9.17, 15) is 9.59 Å². The summed E-state index contributed by atoms with van der Waals surface area (Å²) < 4.78 is 6.49. The van der Waals surface area contributed by atoms with Crippen molar-refractivity contribution in [1.29, 1.82) is 0 Å². The van der Waals surface area contributed by atoms with Crippen molar-refractivity contribution >= 4 is 52.2 Å². The molecule has 32 heavy (non-hydrogen) atoms. The zero-order valence-corrected chi connectivity index (χ0v) is 21.3. The third kappa shape index (κ3) is 7.35. The standard InChI is InChI=1S/C24H32ClNO4S2/c1-3-4-5-8-23(28)30-21-13-18(17-7-6-11-31-15-17)12-20(27)24(21)16(2)26-29-14-19-9-10-22(25)32-19/h9-10,17-18H,3-8,11-15H2,1-2H3. The summed E-state index contributed by atoms with van der Waals surface area (Å²) >= 11 is 9.35. The number of carbonyl (C=O) groups excluding carboxylic acids is 2. The number of hydrogen-bond donors (Lipinski definition) is 0. The van der Waals surface area contributed by atoms with Crippen LogP contribution in [0.15, 0.2) is 28.6 Å². The third-order valence-corrected chi connectivity index (χ3v) is 8.38. The fraction of sp³-hybridized carbons (Fsp3) is 0.625. The van der Waals surface area contributed by atoms with Crippen molar-refractivity contribution in [2.24, 2.45) is 17.0 Å². The number of rotatable bonds is 10. The van der Waals surface area contributed by atoms with Crippen molar-refractivity contribution in [1.82, 2.24) is 0 Å². The molecule has 1 saturated heterocycles. The molecule has 0 aromatic carbocycles. The Kier molecular flexibility index (Phi) is 10.1. The minimum Gasteiger partial charge on any atom is -0.430 e. The van der Waals surface area contributed by atoms with Crippen molar-refractivity contribution in [3.8, 4) is 0 Å². The van der Waals surface area contributed by atoms with Gasteiger partial charge in [-0.15, -0.1) is 11.3 Å². The molecule has 1 aliphatic heterocycles. The second kappa shape index (κ2) is 12.8. The van der Waals surface area contributed by atoms with E-state index >= 15 is 0 Å². The predicted octanol–water partition coefficient (Wildman–Crippen LogP) is 6.79. The average Bonchev–Trinajstić information content (AvgIpc) is 3.19. The second-order valence-corrected chi connectivity index (χ2v) is 11.4. The topological polar surface area (TPSA) is 65.0 Å². The molecular weight excluding hydrogens is 466 g/mol. The fourth-order valence-corrected chi connectivity index (χ4v) is 6.52. The number of allylic oxidation sites excluding steroid dienone is 2. The maximum atomic E-state index is 13.2. The maximum Gasteiger partial charge on any atom is 0.310 e. The summed E-state index contributed by atoms with van der Waals surface area (Å²) in [6, 6.07) is 3.70. The molecule has 2 heterocycles. The number of ketones is 1. The molecule has 0 radical (unpaired) electrons. The molecule has 1 aromatic heterocycles. The summed E-state index contributed by atoms with van der Waals surface area (Å²) in [5.41, 5.74) is 0.878. The highest BCUT2D eigenvalue weighted by Crippen LogP contribution is 2.39. The fourth-order valence-electron chi connectivity index (χ4n) is 4.25. The summed E-state index contributed by atoms with van der Waals surface area (Å²) in [7, 11) is 0. The van der Waals surface area contributed by atoms with Gasteiger partial charge in [0.05, 0.1) is 15.6 Å². The van der Waals surface area contributed by atoms with E-state index in [0.29, 0.717) is 46.6 Å². The molecule has 2 aliphatic rings. The Bertz CT molecular complexity index is 858. The second-order valence-electron chi connectivity index (χ2n) is 8.45. The van der Waals surface area contributed by atoms with Crippen LogP contribution in [-0.2, 0) is 25.8 Å². The van der Waals surface area contributed by atoms with Crippen molar-refractivity contribution < 1.29 is 19.2 Å². The average molecular weight is 498 g/mol. The van der Waals surface area contributed by atoms with Crippen LogP contribution in [-0.4, -0.2) is 29.0 Å². The van der Waals surface area contributed by atoms with E-state index < -0.39 is 0 Å². The number of nitrogens with zero attached hydrogens (tertiary/aromatic N) is 1.